The molecule has 2 saturated heterocycles. The van der Waals surface area contributed by atoms with E-state index in [0.29, 0.717) is 39.1 Å². The lowest BCUT2D eigenvalue weighted by Gasteiger charge is -2.36. The number of amides is 2. The molecule has 1 saturated carbocycles. The molecule has 3 aliphatic rings. The van der Waals surface area contributed by atoms with Crippen molar-refractivity contribution in [2.24, 2.45) is 5.92 Å². The van der Waals surface area contributed by atoms with Gasteiger partial charge in [0.2, 0.25) is 11.8 Å². The SMILES string of the molecule is O=C(CCC1CCCC1)N1CCN(C(=O)CN2CCOCC2)CC1. The first kappa shape index (κ1) is 17.7. The Morgan fingerprint density at radius 2 is 1.42 bits per heavy atom. The van der Waals surface area contributed by atoms with Crippen LogP contribution in [0.4, 0.5) is 0 Å². The predicted octanol–water partition coefficient (Wildman–Crippen LogP) is 0.960. The van der Waals surface area contributed by atoms with Crippen LogP contribution < -0.4 is 0 Å². The van der Waals surface area contributed by atoms with Crippen molar-refractivity contribution in [1.29, 1.82) is 0 Å². The van der Waals surface area contributed by atoms with Gasteiger partial charge in [0.1, 0.15) is 0 Å². The molecule has 136 valence electrons. The van der Waals surface area contributed by atoms with Gasteiger partial charge in [0.15, 0.2) is 0 Å². The maximum Gasteiger partial charge on any atom is 0.236 e. The number of piperazine rings is 1. The molecule has 0 aromatic rings. The maximum atomic E-state index is 12.4. The lowest BCUT2D eigenvalue weighted by molar-refractivity contribution is -0.140. The van der Waals surface area contributed by atoms with E-state index < -0.39 is 0 Å². The summed E-state index contributed by atoms with van der Waals surface area (Å²) in [6.07, 6.45) is 7.02. The molecule has 24 heavy (non-hydrogen) atoms. The Balaban J connectivity index is 1.35. The number of carbonyl (C=O) groups excluding carboxylic acids is 2. The van der Waals surface area contributed by atoms with E-state index in [1.165, 1.54) is 25.7 Å². The number of rotatable bonds is 5. The van der Waals surface area contributed by atoms with Crippen LogP contribution in [0.25, 0.3) is 0 Å². The summed E-state index contributed by atoms with van der Waals surface area (Å²) in [5, 5.41) is 0. The number of ether oxygens (including phenoxy) is 1. The standard InChI is InChI=1S/C18H31N3O3/c22-17(6-5-16-3-1-2-4-16)20-7-9-21(10-8-20)18(23)15-19-11-13-24-14-12-19/h16H,1-15H2. The third-order valence-electron chi connectivity index (χ3n) is 5.69. The molecule has 1 aliphatic carbocycles. The molecule has 0 unspecified atom stereocenters. The molecule has 6 heteroatoms. The van der Waals surface area contributed by atoms with Crippen LogP contribution >= 0.6 is 0 Å². The normalized spacial score (nSPS) is 23.7. The number of hydrogen-bond donors (Lipinski definition) is 0. The molecule has 0 bridgehead atoms. The van der Waals surface area contributed by atoms with E-state index in [2.05, 4.69) is 4.90 Å². The van der Waals surface area contributed by atoms with Crippen LogP contribution in [0.3, 0.4) is 0 Å². The zero-order valence-corrected chi connectivity index (χ0v) is 14.8. The lowest BCUT2D eigenvalue weighted by atomic mass is 10.0. The topological polar surface area (TPSA) is 53.1 Å². The lowest BCUT2D eigenvalue weighted by Crippen LogP contribution is -2.53. The minimum atomic E-state index is 0.190. The van der Waals surface area contributed by atoms with Crippen LogP contribution in [-0.4, -0.2) is 85.5 Å². The molecule has 3 rings (SSSR count). The zero-order valence-electron chi connectivity index (χ0n) is 14.8. The fourth-order valence-corrected chi connectivity index (χ4v) is 4.04. The second-order valence-electron chi connectivity index (χ2n) is 7.34. The summed E-state index contributed by atoms with van der Waals surface area (Å²) in [6.45, 7) is 6.34. The second-order valence-corrected chi connectivity index (χ2v) is 7.34. The fourth-order valence-electron chi connectivity index (χ4n) is 4.04. The van der Waals surface area contributed by atoms with Gasteiger partial charge in [-0.3, -0.25) is 14.5 Å². The minimum absolute atomic E-state index is 0.190. The van der Waals surface area contributed by atoms with Crippen LogP contribution in [0.2, 0.25) is 0 Å². The molecule has 2 heterocycles. The van der Waals surface area contributed by atoms with Crippen LogP contribution in [0.15, 0.2) is 0 Å². The van der Waals surface area contributed by atoms with Gasteiger partial charge in [-0.2, -0.15) is 0 Å². The van der Waals surface area contributed by atoms with Gasteiger partial charge in [0.05, 0.1) is 19.8 Å². The molecule has 2 amide bonds. The Morgan fingerprint density at radius 1 is 0.833 bits per heavy atom. The van der Waals surface area contributed by atoms with Gasteiger partial charge >= 0.3 is 0 Å². The van der Waals surface area contributed by atoms with Crippen molar-refractivity contribution in [1.82, 2.24) is 14.7 Å². The molecule has 2 aliphatic heterocycles. The van der Waals surface area contributed by atoms with Gasteiger partial charge in [0, 0.05) is 45.7 Å². The highest BCUT2D eigenvalue weighted by atomic mass is 16.5. The molecular weight excluding hydrogens is 306 g/mol. The highest BCUT2D eigenvalue weighted by molar-refractivity contribution is 5.79. The van der Waals surface area contributed by atoms with Gasteiger partial charge < -0.3 is 14.5 Å². The average Bonchev–Trinajstić information content (AvgIpc) is 3.14. The first-order chi connectivity index (χ1) is 11.7. The summed E-state index contributed by atoms with van der Waals surface area (Å²) in [4.78, 5) is 30.8. The van der Waals surface area contributed by atoms with Crippen molar-refractivity contribution in [3.63, 3.8) is 0 Å². The van der Waals surface area contributed by atoms with Crippen molar-refractivity contribution in [3.8, 4) is 0 Å². The average molecular weight is 337 g/mol. The highest BCUT2D eigenvalue weighted by Gasteiger charge is 2.26. The van der Waals surface area contributed by atoms with Crippen LogP contribution in [0.5, 0.6) is 0 Å². The third kappa shape index (κ3) is 4.93. The predicted molar refractivity (Wildman–Crippen MR) is 91.6 cm³/mol. The van der Waals surface area contributed by atoms with Gasteiger partial charge in [-0.05, 0) is 12.3 Å². The Kier molecular flexibility index (Phi) is 6.49. The molecule has 6 nitrogen and oxygen atoms in total. The van der Waals surface area contributed by atoms with Gasteiger partial charge in [0.25, 0.3) is 0 Å². The molecule has 0 spiro atoms. The Labute approximate surface area is 145 Å². The number of morpholine rings is 1. The van der Waals surface area contributed by atoms with E-state index in [4.69, 9.17) is 4.74 Å². The molecule has 0 aromatic heterocycles. The quantitative estimate of drug-likeness (QED) is 0.750. The fraction of sp³-hybridized carbons (Fsp3) is 0.889. The van der Waals surface area contributed by atoms with Gasteiger partial charge in [-0.15, -0.1) is 0 Å². The zero-order chi connectivity index (χ0) is 16.8. The second kappa shape index (κ2) is 8.81. The van der Waals surface area contributed by atoms with Crippen molar-refractivity contribution in [3.05, 3.63) is 0 Å². The first-order valence-electron chi connectivity index (χ1n) is 9.58. The Bertz CT molecular complexity index is 423. The van der Waals surface area contributed by atoms with E-state index in [9.17, 15) is 9.59 Å². The summed E-state index contributed by atoms with van der Waals surface area (Å²) < 4.78 is 5.32. The molecule has 0 N–H and O–H groups in total. The monoisotopic (exact) mass is 337 g/mol. The number of carbonyl (C=O) groups is 2. The number of hydrogen-bond acceptors (Lipinski definition) is 4. The molecular formula is C18H31N3O3. The van der Waals surface area contributed by atoms with Crippen molar-refractivity contribution >= 4 is 11.8 Å². The summed E-state index contributed by atoms with van der Waals surface area (Å²) in [7, 11) is 0. The van der Waals surface area contributed by atoms with Crippen LogP contribution in [0.1, 0.15) is 38.5 Å². The van der Waals surface area contributed by atoms with E-state index in [1.54, 1.807) is 0 Å². The van der Waals surface area contributed by atoms with Gasteiger partial charge in [-0.1, -0.05) is 25.7 Å². The summed E-state index contributed by atoms with van der Waals surface area (Å²) in [5.41, 5.74) is 0. The Morgan fingerprint density at radius 3 is 2.04 bits per heavy atom. The van der Waals surface area contributed by atoms with E-state index in [-0.39, 0.29) is 11.8 Å². The van der Waals surface area contributed by atoms with E-state index in [1.807, 2.05) is 9.80 Å². The largest absolute Gasteiger partial charge is 0.379 e. The van der Waals surface area contributed by atoms with Crippen molar-refractivity contribution in [2.75, 3.05) is 59.0 Å². The molecule has 0 aromatic carbocycles. The minimum Gasteiger partial charge on any atom is -0.379 e. The van der Waals surface area contributed by atoms with Gasteiger partial charge in [-0.25, -0.2) is 0 Å². The first-order valence-corrected chi connectivity index (χ1v) is 9.58. The van der Waals surface area contributed by atoms with E-state index >= 15 is 0 Å². The molecule has 3 fully saturated rings. The third-order valence-corrected chi connectivity index (χ3v) is 5.69. The van der Waals surface area contributed by atoms with Crippen LogP contribution in [-0.2, 0) is 14.3 Å². The smallest absolute Gasteiger partial charge is 0.236 e. The summed E-state index contributed by atoms with van der Waals surface area (Å²) in [6, 6.07) is 0. The Hall–Kier alpha value is -1.14. The molecule has 0 atom stereocenters. The van der Waals surface area contributed by atoms with E-state index in [0.717, 1.165) is 38.6 Å². The number of nitrogens with zero attached hydrogens (tertiary/aromatic N) is 3. The summed E-state index contributed by atoms with van der Waals surface area (Å²) in [5.74, 6) is 1.24. The highest BCUT2D eigenvalue weighted by Crippen LogP contribution is 2.28. The maximum absolute atomic E-state index is 12.4. The molecule has 0 radical (unpaired) electrons. The summed E-state index contributed by atoms with van der Waals surface area (Å²) >= 11 is 0. The van der Waals surface area contributed by atoms with Crippen LogP contribution in [0, 0.1) is 5.92 Å². The van der Waals surface area contributed by atoms with Crippen molar-refractivity contribution in [2.45, 2.75) is 38.5 Å². The van der Waals surface area contributed by atoms with Crippen molar-refractivity contribution < 1.29 is 14.3 Å².